The van der Waals surface area contributed by atoms with E-state index in [4.69, 9.17) is 14.3 Å². The van der Waals surface area contributed by atoms with E-state index in [1.807, 2.05) is 0 Å². The van der Waals surface area contributed by atoms with Crippen LogP contribution in [-0.4, -0.2) is 37.9 Å². The summed E-state index contributed by atoms with van der Waals surface area (Å²) >= 11 is 0. The fourth-order valence-electron chi connectivity index (χ4n) is 2.54. The minimum atomic E-state index is -5.23. The molecular formula is C18H17F3N4O3. The summed E-state index contributed by atoms with van der Waals surface area (Å²) in [6.07, 6.45) is -2.83. The van der Waals surface area contributed by atoms with Crippen molar-refractivity contribution in [3.63, 3.8) is 0 Å². The van der Waals surface area contributed by atoms with E-state index in [0.29, 0.717) is 5.89 Å². The minimum Gasteiger partial charge on any atom is -0.439 e. The van der Waals surface area contributed by atoms with E-state index in [-0.39, 0.29) is 34.1 Å². The monoisotopic (exact) mass is 397 g/mol. The van der Waals surface area contributed by atoms with Gasteiger partial charge in [-0.25, -0.2) is 15.0 Å². The van der Waals surface area contributed by atoms with Crippen molar-refractivity contribution in [3.05, 3.63) is 47.6 Å². The highest BCUT2D eigenvalue weighted by Crippen LogP contribution is 2.40. The van der Waals surface area contributed by atoms with E-state index in [9.17, 15) is 23.4 Å². The third kappa shape index (κ3) is 3.32. The van der Waals surface area contributed by atoms with Crippen LogP contribution in [0.15, 0.2) is 35.0 Å². The number of nitrogen functional groups attached to an aromatic ring is 1. The Labute approximate surface area is 161 Å². The van der Waals surface area contributed by atoms with Gasteiger partial charge >= 0.3 is 6.18 Å². The number of aliphatic hydroxyl groups is 2. The van der Waals surface area contributed by atoms with Gasteiger partial charge in [0.05, 0.1) is 24.7 Å². The Balaban J connectivity index is 2.26. The Morgan fingerprint density at radius 1 is 1.25 bits per heavy atom. The molecule has 0 fully saturated rings. The molecular weight excluding hydrogens is 377 g/mol. The van der Waals surface area contributed by atoms with E-state index in [0.717, 1.165) is 24.4 Å². The Morgan fingerprint density at radius 2 is 2.00 bits per heavy atom. The van der Waals surface area contributed by atoms with Crippen molar-refractivity contribution in [3.8, 4) is 22.7 Å². The van der Waals surface area contributed by atoms with Gasteiger partial charge in [0.15, 0.2) is 23.2 Å². The van der Waals surface area contributed by atoms with Gasteiger partial charge in [0.2, 0.25) is 5.60 Å². The maximum atomic E-state index is 13.4. The summed E-state index contributed by atoms with van der Waals surface area (Å²) in [5, 5.41) is 19.3. The number of aliphatic hydroxyl groups excluding tert-OH is 1. The maximum Gasteiger partial charge on any atom is 0.423 e. The normalized spacial score (nSPS) is 16.1. The first-order valence-electron chi connectivity index (χ1n) is 9.38. The maximum absolute atomic E-state index is 13.4. The van der Waals surface area contributed by atoms with Crippen LogP contribution in [0.4, 0.5) is 19.0 Å². The average molecular weight is 397 g/mol. The lowest BCUT2D eigenvalue weighted by Gasteiger charge is -2.29. The highest BCUT2D eigenvalue weighted by molar-refractivity contribution is 5.71. The zero-order valence-electron chi connectivity index (χ0n) is 17.4. The summed E-state index contributed by atoms with van der Waals surface area (Å²) in [5.41, 5.74) is 0.733. The van der Waals surface area contributed by atoms with Crippen molar-refractivity contribution in [2.45, 2.75) is 25.6 Å². The second kappa shape index (κ2) is 6.88. The van der Waals surface area contributed by atoms with Crippen molar-refractivity contribution in [1.29, 1.82) is 0 Å². The molecule has 0 aliphatic rings. The molecule has 1 unspecified atom stereocenters. The smallest absolute Gasteiger partial charge is 0.423 e. The molecule has 3 aromatic rings. The molecule has 0 saturated carbocycles. The van der Waals surface area contributed by atoms with E-state index in [2.05, 4.69) is 15.0 Å². The molecule has 0 spiro atoms. The van der Waals surface area contributed by atoms with Crippen LogP contribution in [0.2, 0.25) is 0 Å². The quantitative estimate of drug-likeness (QED) is 0.619. The molecule has 1 aromatic carbocycles. The second-order valence-electron chi connectivity index (χ2n) is 6.01. The summed E-state index contributed by atoms with van der Waals surface area (Å²) in [6, 6.07) is 2.52. The molecule has 0 radical (unpaired) electrons. The number of rotatable bonds is 4. The molecule has 0 aliphatic heterocycles. The zero-order chi connectivity index (χ0) is 23.2. The first kappa shape index (κ1) is 16.0. The number of oxazole rings is 1. The fourth-order valence-corrected chi connectivity index (χ4v) is 2.54. The van der Waals surface area contributed by atoms with Gasteiger partial charge in [-0.15, -0.1) is 0 Å². The highest BCUT2D eigenvalue weighted by atomic mass is 19.4. The third-order valence-corrected chi connectivity index (χ3v) is 4.13. The summed E-state index contributed by atoms with van der Waals surface area (Å²) in [4.78, 5) is 12.1. The lowest BCUT2D eigenvalue weighted by atomic mass is 9.90. The molecule has 0 saturated heterocycles. The Morgan fingerprint density at radius 3 is 2.57 bits per heavy atom. The largest absolute Gasteiger partial charge is 0.439 e. The van der Waals surface area contributed by atoms with Gasteiger partial charge in [-0.05, 0) is 24.0 Å². The van der Waals surface area contributed by atoms with Crippen LogP contribution < -0.4 is 5.73 Å². The Kier molecular flexibility index (Phi) is 3.93. The molecule has 148 valence electrons. The summed E-state index contributed by atoms with van der Waals surface area (Å²) in [6.45, 7) is -2.82. The minimum absolute atomic E-state index is 0.00763. The van der Waals surface area contributed by atoms with E-state index in [1.54, 1.807) is 6.92 Å². The zero-order valence-corrected chi connectivity index (χ0v) is 14.4. The molecule has 4 N–H and O–H groups in total. The van der Waals surface area contributed by atoms with Crippen LogP contribution in [0.3, 0.4) is 0 Å². The molecule has 0 aliphatic carbocycles. The van der Waals surface area contributed by atoms with Crippen LogP contribution in [0.1, 0.15) is 21.1 Å². The van der Waals surface area contributed by atoms with Crippen molar-refractivity contribution < 1.29 is 31.9 Å². The van der Waals surface area contributed by atoms with Gasteiger partial charge in [-0.2, -0.15) is 13.2 Å². The average Bonchev–Trinajstić information content (AvgIpc) is 3.11. The molecule has 28 heavy (non-hydrogen) atoms. The van der Waals surface area contributed by atoms with Gasteiger partial charge in [0, 0.05) is 16.6 Å². The first-order chi connectivity index (χ1) is 14.3. The van der Waals surface area contributed by atoms with Gasteiger partial charge < -0.3 is 20.4 Å². The predicted octanol–water partition coefficient (Wildman–Crippen LogP) is 2.74. The van der Waals surface area contributed by atoms with E-state index in [1.165, 1.54) is 6.20 Å². The Bertz CT molecular complexity index is 1120. The van der Waals surface area contributed by atoms with Crippen LogP contribution in [-0.2, 0) is 5.60 Å². The van der Waals surface area contributed by atoms with Crippen LogP contribution in [0, 0.1) is 13.8 Å². The number of alkyl halides is 3. The van der Waals surface area contributed by atoms with Crippen LogP contribution >= 0.6 is 0 Å². The second-order valence-corrected chi connectivity index (χ2v) is 6.01. The summed E-state index contributed by atoms with van der Waals surface area (Å²) < 4.78 is 68.8. The van der Waals surface area contributed by atoms with Gasteiger partial charge in [-0.1, -0.05) is 12.1 Å². The standard InChI is InChI=1S/C18H17F3N4O3/c1-9-3-4-11(17(27,8-26)18(19,20)21)5-12(9)13-6-24-16(22)15(25-13)14-7-23-10(2)28-14/h3-7,26-27H,8H2,1-2H3,(H2,22,24)/i1D3. The molecule has 7 nitrogen and oxygen atoms in total. The summed E-state index contributed by atoms with van der Waals surface area (Å²) in [5.74, 6) is 0.344. The number of nitrogens with zero attached hydrogens (tertiary/aromatic N) is 3. The number of hydrogen-bond donors (Lipinski definition) is 3. The molecule has 0 bridgehead atoms. The molecule has 3 rings (SSSR count). The van der Waals surface area contributed by atoms with Crippen molar-refractivity contribution >= 4 is 5.82 Å². The predicted molar refractivity (Wildman–Crippen MR) is 93.9 cm³/mol. The van der Waals surface area contributed by atoms with E-state index >= 15 is 0 Å². The van der Waals surface area contributed by atoms with Crippen molar-refractivity contribution in [2.24, 2.45) is 0 Å². The fraction of sp³-hybridized carbons (Fsp3) is 0.278. The third-order valence-electron chi connectivity index (χ3n) is 4.13. The number of benzene rings is 1. The molecule has 2 aromatic heterocycles. The lowest BCUT2D eigenvalue weighted by molar-refractivity contribution is -0.277. The highest BCUT2D eigenvalue weighted by Gasteiger charge is 2.54. The number of hydrogen-bond acceptors (Lipinski definition) is 7. The molecule has 2 heterocycles. The number of nitrogens with two attached hydrogens (primary N) is 1. The first-order valence-corrected chi connectivity index (χ1v) is 7.88. The van der Waals surface area contributed by atoms with Crippen molar-refractivity contribution in [1.82, 2.24) is 15.0 Å². The van der Waals surface area contributed by atoms with Gasteiger partial charge in [0.25, 0.3) is 0 Å². The topological polar surface area (TPSA) is 118 Å². The van der Waals surface area contributed by atoms with Crippen LogP contribution in [0.5, 0.6) is 0 Å². The lowest BCUT2D eigenvalue weighted by Crippen LogP contribution is -2.45. The molecule has 10 heteroatoms. The number of aryl methyl sites for hydroxylation is 2. The Hall–Kier alpha value is -2.98. The van der Waals surface area contributed by atoms with Crippen molar-refractivity contribution in [2.75, 3.05) is 12.3 Å². The molecule has 0 amide bonds. The van der Waals surface area contributed by atoms with Gasteiger partial charge in [0.1, 0.15) is 0 Å². The van der Waals surface area contributed by atoms with Crippen LogP contribution in [0.25, 0.3) is 22.7 Å². The van der Waals surface area contributed by atoms with E-state index < -0.39 is 30.8 Å². The molecule has 1 atom stereocenters. The van der Waals surface area contributed by atoms with Gasteiger partial charge in [-0.3, -0.25) is 0 Å². The number of halogens is 3. The number of anilines is 1. The number of aromatic nitrogens is 3. The summed E-state index contributed by atoms with van der Waals surface area (Å²) in [7, 11) is 0. The SMILES string of the molecule is [2H]C([2H])([2H])c1ccc(C(O)(CO)C(F)(F)F)cc1-c1cnc(N)c(-c2cnc(C)o2)n1.